The Morgan fingerprint density at radius 3 is 1.73 bits per heavy atom. The molecule has 110 valence electrons. The molecule has 1 heteroatoms. The molecule has 0 saturated heterocycles. The van der Waals surface area contributed by atoms with Crippen LogP contribution in [0, 0.1) is 0 Å². The van der Waals surface area contributed by atoms with Gasteiger partial charge in [-0.25, -0.2) is 0 Å². The van der Waals surface area contributed by atoms with Gasteiger partial charge in [0.25, 0.3) is 0 Å². The molecule has 0 amide bonds. The van der Waals surface area contributed by atoms with Crippen molar-refractivity contribution < 1.29 is 0 Å². The molecule has 2 aromatic rings. The van der Waals surface area contributed by atoms with Crippen molar-refractivity contribution in [3.8, 4) is 0 Å². The molecule has 0 radical (unpaired) electrons. The molecule has 2 rings (SSSR count). The van der Waals surface area contributed by atoms with Crippen LogP contribution in [-0.2, 0) is 0 Å². The maximum atomic E-state index is 3.89. The summed E-state index contributed by atoms with van der Waals surface area (Å²) in [4.78, 5) is 0. The summed E-state index contributed by atoms with van der Waals surface area (Å²) in [5, 5.41) is 4.02. The molecule has 0 saturated carbocycles. The second-order valence-corrected chi connectivity index (χ2v) is 8.66. The highest BCUT2D eigenvalue weighted by Gasteiger charge is 2.40. The highest BCUT2D eigenvalue weighted by molar-refractivity contribution is 7.92. The van der Waals surface area contributed by atoms with Gasteiger partial charge in [0.05, 0.1) is 6.66 Å². The predicted molar refractivity (Wildman–Crippen MR) is 103 cm³/mol. The van der Waals surface area contributed by atoms with Crippen molar-refractivity contribution in [3.05, 3.63) is 110 Å². The third-order valence-electron chi connectivity index (χ3n) is 3.75. The van der Waals surface area contributed by atoms with Crippen molar-refractivity contribution in [2.45, 2.75) is 0 Å². The van der Waals surface area contributed by atoms with Crippen molar-refractivity contribution in [1.29, 1.82) is 0 Å². The van der Waals surface area contributed by atoms with E-state index in [1.165, 1.54) is 15.9 Å². The number of benzene rings is 2. The number of hydrogen-bond donors (Lipinski definition) is 0. The molecule has 0 unspecified atom stereocenters. The average molecular weight is 305 g/mol. The van der Waals surface area contributed by atoms with Crippen LogP contribution in [0.15, 0.2) is 110 Å². The molecule has 0 aliphatic carbocycles. The van der Waals surface area contributed by atoms with E-state index in [0.717, 1.165) is 0 Å². The lowest BCUT2D eigenvalue weighted by Crippen LogP contribution is -2.22. The summed E-state index contributed by atoms with van der Waals surface area (Å²) in [5.74, 6) is 0. The minimum Gasteiger partial charge on any atom is -0.0991 e. The van der Waals surface area contributed by atoms with E-state index >= 15 is 0 Å². The fourth-order valence-corrected chi connectivity index (χ4v) is 5.76. The zero-order chi connectivity index (χ0) is 15.8. The van der Waals surface area contributed by atoms with Crippen LogP contribution in [0.1, 0.15) is 0 Å². The Morgan fingerprint density at radius 2 is 1.32 bits per heavy atom. The van der Waals surface area contributed by atoms with Crippen LogP contribution < -0.4 is 10.6 Å². The molecule has 0 aromatic heterocycles. The molecule has 0 aliphatic rings. The normalized spacial score (nSPS) is 12.3. The predicted octanol–water partition coefficient (Wildman–Crippen LogP) is 5.10. The van der Waals surface area contributed by atoms with E-state index in [0.29, 0.717) is 0 Å². The van der Waals surface area contributed by atoms with E-state index in [-0.39, 0.29) is 0 Å². The van der Waals surface area contributed by atoms with Gasteiger partial charge in [0, 0.05) is 0 Å². The van der Waals surface area contributed by atoms with Gasteiger partial charge in [-0.3, -0.25) is 0 Å². The smallest absolute Gasteiger partial charge is 0.0991 e. The van der Waals surface area contributed by atoms with Crippen LogP contribution in [-0.4, -0.2) is 6.66 Å². The minimum atomic E-state index is -1.68. The Morgan fingerprint density at radius 1 is 0.818 bits per heavy atom. The monoisotopic (exact) mass is 305 g/mol. The summed E-state index contributed by atoms with van der Waals surface area (Å²) in [6.07, 6.45) is 9.96. The van der Waals surface area contributed by atoms with Crippen molar-refractivity contribution in [2.24, 2.45) is 0 Å². The van der Waals surface area contributed by atoms with Crippen LogP contribution in [0.5, 0.6) is 0 Å². The molecular formula is C21H22P+. The molecule has 2 aromatic carbocycles. The molecular weight excluding hydrogens is 283 g/mol. The third kappa shape index (κ3) is 3.35. The van der Waals surface area contributed by atoms with Gasteiger partial charge in [0.2, 0.25) is 0 Å². The van der Waals surface area contributed by atoms with Gasteiger partial charge in [-0.2, -0.15) is 0 Å². The summed E-state index contributed by atoms with van der Waals surface area (Å²) >= 11 is 0. The highest BCUT2D eigenvalue weighted by Crippen LogP contribution is 2.60. The van der Waals surface area contributed by atoms with E-state index in [9.17, 15) is 0 Å². The van der Waals surface area contributed by atoms with E-state index in [4.69, 9.17) is 0 Å². The molecule has 0 N–H and O–H groups in total. The zero-order valence-corrected chi connectivity index (χ0v) is 13.9. The quantitative estimate of drug-likeness (QED) is 0.514. The van der Waals surface area contributed by atoms with Crippen molar-refractivity contribution in [3.63, 3.8) is 0 Å². The van der Waals surface area contributed by atoms with Crippen LogP contribution >= 0.6 is 7.26 Å². The Balaban J connectivity index is 2.70. The second kappa shape index (κ2) is 7.73. The Bertz CT molecular complexity index is 639. The number of hydrogen-bond acceptors (Lipinski definition) is 0. The maximum Gasteiger partial charge on any atom is 0.109 e. The molecule has 0 aliphatic heterocycles. The molecule has 0 bridgehead atoms. The highest BCUT2D eigenvalue weighted by atomic mass is 31.2. The Labute approximate surface area is 134 Å². The van der Waals surface area contributed by atoms with Crippen molar-refractivity contribution >= 4 is 17.9 Å². The van der Waals surface area contributed by atoms with E-state index in [1.807, 2.05) is 18.2 Å². The van der Waals surface area contributed by atoms with Gasteiger partial charge < -0.3 is 0 Å². The molecule has 0 atom stereocenters. The Kier molecular flexibility index (Phi) is 5.69. The van der Waals surface area contributed by atoms with Crippen LogP contribution in [0.2, 0.25) is 0 Å². The number of rotatable bonds is 6. The summed E-state index contributed by atoms with van der Waals surface area (Å²) in [7, 11) is -1.68. The average Bonchev–Trinajstić information content (AvgIpc) is 2.59. The first kappa shape index (κ1) is 16.2. The molecule has 0 heterocycles. The lowest BCUT2D eigenvalue weighted by atomic mass is 10.4. The largest absolute Gasteiger partial charge is 0.109 e. The first-order chi connectivity index (χ1) is 10.7. The van der Waals surface area contributed by atoms with E-state index in [2.05, 4.69) is 92.6 Å². The lowest BCUT2D eigenvalue weighted by Gasteiger charge is -2.23. The fraction of sp³-hybridized carbons (Fsp3) is 0.0476. The van der Waals surface area contributed by atoms with E-state index in [1.54, 1.807) is 0 Å². The van der Waals surface area contributed by atoms with Gasteiger partial charge in [-0.1, -0.05) is 67.8 Å². The Hall–Kier alpha value is -2.17. The lowest BCUT2D eigenvalue weighted by molar-refractivity contribution is 1.71. The second-order valence-electron chi connectivity index (χ2n) is 5.10. The first-order valence-electron chi connectivity index (χ1n) is 7.33. The van der Waals surface area contributed by atoms with Gasteiger partial charge in [0.15, 0.2) is 0 Å². The maximum absolute atomic E-state index is 3.89. The summed E-state index contributed by atoms with van der Waals surface area (Å²) in [5.41, 5.74) is 0. The molecule has 22 heavy (non-hydrogen) atoms. The SMILES string of the molecule is C=C/C=C\C(=C/C=C)[P+](C)(c1ccccc1)c1ccccc1. The number of allylic oxidation sites excluding steroid dienone is 6. The minimum absolute atomic E-state index is 1.29. The van der Waals surface area contributed by atoms with Crippen LogP contribution in [0.25, 0.3) is 0 Å². The topological polar surface area (TPSA) is 0 Å². The van der Waals surface area contributed by atoms with Crippen molar-refractivity contribution in [2.75, 3.05) is 6.66 Å². The standard InChI is InChI=1S/C21H22P/c1-4-6-14-19(13-5-2)22(3,20-15-9-7-10-16-20)21-17-11-8-12-18-21/h4-18H,1-2H2,3H3/q+1/b14-6-,19-13+. The molecule has 0 fully saturated rings. The third-order valence-corrected chi connectivity index (χ3v) is 7.75. The zero-order valence-electron chi connectivity index (χ0n) is 13.0. The fourth-order valence-electron chi connectivity index (χ4n) is 2.54. The van der Waals surface area contributed by atoms with Gasteiger partial charge >= 0.3 is 0 Å². The molecule has 0 nitrogen and oxygen atoms in total. The van der Waals surface area contributed by atoms with Gasteiger partial charge in [-0.05, 0) is 36.4 Å². The molecule has 0 spiro atoms. The van der Waals surface area contributed by atoms with E-state index < -0.39 is 7.26 Å². The van der Waals surface area contributed by atoms with Crippen LogP contribution in [0.3, 0.4) is 0 Å². The summed E-state index contributed by atoms with van der Waals surface area (Å²) in [6.45, 7) is 10.0. The van der Waals surface area contributed by atoms with Crippen molar-refractivity contribution in [1.82, 2.24) is 0 Å². The first-order valence-corrected chi connectivity index (χ1v) is 9.57. The van der Waals surface area contributed by atoms with Crippen LogP contribution in [0.4, 0.5) is 0 Å². The summed E-state index contributed by atoms with van der Waals surface area (Å²) < 4.78 is 0. The van der Waals surface area contributed by atoms with Gasteiger partial charge in [-0.15, -0.1) is 0 Å². The van der Waals surface area contributed by atoms with Gasteiger partial charge in [0.1, 0.15) is 23.2 Å². The summed E-state index contributed by atoms with van der Waals surface area (Å²) in [6, 6.07) is 21.5.